The third kappa shape index (κ3) is 3.19. The molecule has 23 heavy (non-hydrogen) atoms. The monoisotopic (exact) mass is 310 g/mol. The van der Waals surface area contributed by atoms with Crippen LogP contribution in [0.3, 0.4) is 0 Å². The second kappa shape index (κ2) is 7.23. The normalized spacial score (nSPS) is 17.3. The molecule has 0 atom stereocenters. The summed E-state index contributed by atoms with van der Waals surface area (Å²) in [4.78, 5) is 25.5. The van der Waals surface area contributed by atoms with E-state index in [1.165, 1.54) is 6.08 Å². The summed E-state index contributed by atoms with van der Waals surface area (Å²) in [7, 11) is 0. The van der Waals surface area contributed by atoms with Crippen LogP contribution in [0.15, 0.2) is 60.7 Å². The zero-order chi connectivity index (χ0) is 16.9. The third-order valence-electron chi connectivity index (χ3n) is 4.20. The fourth-order valence-electron chi connectivity index (χ4n) is 2.98. The third-order valence-corrected chi connectivity index (χ3v) is 4.20. The summed E-state index contributed by atoms with van der Waals surface area (Å²) in [6.07, 6.45) is 5.26. The summed E-state index contributed by atoms with van der Waals surface area (Å²) in [5, 5.41) is 0. The van der Waals surface area contributed by atoms with E-state index in [9.17, 15) is 9.59 Å². The molecule has 1 fully saturated rings. The van der Waals surface area contributed by atoms with Crippen molar-refractivity contribution in [2.24, 2.45) is 5.41 Å². The Kier molecular flexibility index (Phi) is 5.32. The van der Waals surface area contributed by atoms with Gasteiger partial charge in [0.1, 0.15) is 0 Å². The standard InChI is InChI=1S/C20H22O3/c1-4-23-19(22)20(15(2)9-8-10-16(20)3)18(21)14-13-17-11-6-5-7-12-17/h5-7,11-14H,2-4,8-10H2,1H3/b14-13+. The maximum Gasteiger partial charge on any atom is 0.328 e. The van der Waals surface area contributed by atoms with E-state index in [0.717, 1.165) is 12.0 Å². The summed E-state index contributed by atoms with van der Waals surface area (Å²) in [5.74, 6) is -0.882. The molecule has 0 radical (unpaired) electrons. The van der Waals surface area contributed by atoms with E-state index in [1.807, 2.05) is 30.3 Å². The molecule has 120 valence electrons. The molecule has 0 saturated heterocycles. The molecule has 2 rings (SSSR count). The number of carbonyl (C=O) groups excluding carboxylic acids is 2. The first kappa shape index (κ1) is 16.9. The van der Waals surface area contributed by atoms with Crippen LogP contribution >= 0.6 is 0 Å². The van der Waals surface area contributed by atoms with Gasteiger partial charge in [-0.05, 0) is 49.0 Å². The molecule has 1 aromatic carbocycles. The van der Waals surface area contributed by atoms with Crippen LogP contribution in [-0.2, 0) is 14.3 Å². The molecule has 0 aliphatic heterocycles. The van der Waals surface area contributed by atoms with Crippen LogP contribution in [0.5, 0.6) is 0 Å². The van der Waals surface area contributed by atoms with E-state index >= 15 is 0 Å². The van der Waals surface area contributed by atoms with Crippen molar-refractivity contribution in [2.45, 2.75) is 26.2 Å². The van der Waals surface area contributed by atoms with E-state index in [-0.39, 0.29) is 12.4 Å². The Morgan fingerprint density at radius 3 is 2.35 bits per heavy atom. The van der Waals surface area contributed by atoms with Gasteiger partial charge in [-0.2, -0.15) is 0 Å². The minimum atomic E-state index is -1.43. The zero-order valence-electron chi connectivity index (χ0n) is 13.5. The van der Waals surface area contributed by atoms with Crippen LogP contribution in [0.25, 0.3) is 6.08 Å². The van der Waals surface area contributed by atoms with Crippen LogP contribution in [0.4, 0.5) is 0 Å². The molecule has 0 unspecified atom stereocenters. The molecule has 0 heterocycles. The minimum absolute atomic E-state index is 0.219. The highest BCUT2D eigenvalue weighted by atomic mass is 16.5. The summed E-state index contributed by atoms with van der Waals surface area (Å²) in [6, 6.07) is 9.48. The van der Waals surface area contributed by atoms with Crippen molar-refractivity contribution in [1.82, 2.24) is 0 Å². The molecule has 0 bridgehead atoms. The topological polar surface area (TPSA) is 43.4 Å². The molecule has 0 aromatic heterocycles. The van der Waals surface area contributed by atoms with Crippen LogP contribution in [0.1, 0.15) is 31.7 Å². The van der Waals surface area contributed by atoms with Gasteiger partial charge in [-0.15, -0.1) is 0 Å². The van der Waals surface area contributed by atoms with Gasteiger partial charge in [0.05, 0.1) is 6.61 Å². The number of benzene rings is 1. The molecule has 3 heteroatoms. The van der Waals surface area contributed by atoms with Crippen molar-refractivity contribution >= 4 is 17.8 Å². The highest BCUT2D eigenvalue weighted by molar-refractivity contribution is 6.16. The van der Waals surface area contributed by atoms with Gasteiger partial charge in [0.25, 0.3) is 0 Å². The Morgan fingerprint density at radius 2 is 1.78 bits per heavy atom. The number of ether oxygens (including phenoxy) is 1. The number of allylic oxidation sites excluding steroid dienone is 1. The molecular weight excluding hydrogens is 288 g/mol. The molecule has 1 saturated carbocycles. The molecule has 1 aliphatic carbocycles. The van der Waals surface area contributed by atoms with Crippen LogP contribution in [-0.4, -0.2) is 18.4 Å². The van der Waals surface area contributed by atoms with Gasteiger partial charge in [-0.3, -0.25) is 9.59 Å². The van der Waals surface area contributed by atoms with Crippen molar-refractivity contribution < 1.29 is 14.3 Å². The largest absolute Gasteiger partial charge is 0.465 e. The zero-order valence-corrected chi connectivity index (χ0v) is 13.5. The smallest absolute Gasteiger partial charge is 0.328 e. The van der Waals surface area contributed by atoms with E-state index in [0.29, 0.717) is 24.0 Å². The van der Waals surface area contributed by atoms with Crippen molar-refractivity contribution in [1.29, 1.82) is 0 Å². The maximum absolute atomic E-state index is 12.9. The Morgan fingerprint density at radius 1 is 1.17 bits per heavy atom. The molecule has 0 spiro atoms. The lowest BCUT2D eigenvalue weighted by Gasteiger charge is -2.36. The summed E-state index contributed by atoms with van der Waals surface area (Å²) in [6.45, 7) is 9.91. The molecular formula is C20H22O3. The van der Waals surface area contributed by atoms with Crippen molar-refractivity contribution in [2.75, 3.05) is 6.61 Å². The van der Waals surface area contributed by atoms with Crippen molar-refractivity contribution in [3.8, 4) is 0 Å². The Hall–Kier alpha value is -2.42. The lowest BCUT2D eigenvalue weighted by molar-refractivity contribution is -0.154. The summed E-state index contributed by atoms with van der Waals surface area (Å²) in [5.41, 5.74) is 0.622. The number of hydrogen-bond donors (Lipinski definition) is 0. The number of carbonyl (C=O) groups is 2. The van der Waals surface area contributed by atoms with Crippen LogP contribution < -0.4 is 0 Å². The maximum atomic E-state index is 12.9. The average molecular weight is 310 g/mol. The first-order chi connectivity index (χ1) is 11.0. The number of hydrogen-bond acceptors (Lipinski definition) is 3. The number of esters is 1. The number of rotatable bonds is 5. The van der Waals surface area contributed by atoms with E-state index < -0.39 is 11.4 Å². The van der Waals surface area contributed by atoms with Crippen molar-refractivity contribution in [3.63, 3.8) is 0 Å². The Balaban J connectivity index is 2.39. The quantitative estimate of drug-likeness (QED) is 0.356. The molecule has 0 amide bonds. The van der Waals surface area contributed by atoms with Gasteiger partial charge in [0.15, 0.2) is 11.2 Å². The second-order valence-corrected chi connectivity index (χ2v) is 5.64. The summed E-state index contributed by atoms with van der Waals surface area (Å²) < 4.78 is 5.18. The predicted octanol–water partition coefficient (Wildman–Crippen LogP) is 4.11. The van der Waals surface area contributed by atoms with Gasteiger partial charge in [-0.1, -0.05) is 49.6 Å². The van der Waals surface area contributed by atoms with Gasteiger partial charge < -0.3 is 4.74 Å². The second-order valence-electron chi connectivity index (χ2n) is 5.64. The van der Waals surface area contributed by atoms with Crippen LogP contribution in [0.2, 0.25) is 0 Å². The van der Waals surface area contributed by atoms with E-state index in [2.05, 4.69) is 13.2 Å². The van der Waals surface area contributed by atoms with E-state index in [1.54, 1.807) is 13.0 Å². The lowest BCUT2D eigenvalue weighted by Crippen LogP contribution is -2.44. The first-order valence-electron chi connectivity index (χ1n) is 7.84. The number of ketones is 1. The Labute approximate surface area is 137 Å². The van der Waals surface area contributed by atoms with Gasteiger partial charge >= 0.3 is 5.97 Å². The van der Waals surface area contributed by atoms with Crippen LogP contribution in [0, 0.1) is 5.41 Å². The first-order valence-corrected chi connectivity index (χ1v) is 7.84. The van der Waals surface area contributed by atoms with Gasteiger partial charge in [-0.25, -0.2) is 0 Å². The molecule has 1 aromatic rings. The average Bonchev–Trinajstić information content (AvgIpc) is 2.54. The lowest BCUT2D eigenvalue weighted by atomic mass is 9.65. The van der Waals surface area contributed by atoms with Crippen molar-refractivity contribution in [3.05, 3.63) is 66.3 Å². The molecule has 1 aliphatic rings. The highest BCUT2D eigenvalue weighted by Crippen LogP contribution is 2.45. The minimum Gasteiger partial charge on any atom is -0.465 e. The fourth-order valence-corrected chi connectivity index (χ4v) is 2.98. The van der Waals surface area contributed by atoms with Gasteiger partial charge in [0.2, 0.25) is 0 Å². The fraction of sp³-hybridized carbons (Fsp3) is 0.300. The molecule has 0 N–H and O–H groups in total. The predicted molar refractivity (Wildman–Crippen MR) is 91.7 cm³/mol. The molecule has 3 nitrogen and oxygen atoms in total. The Bertz CT molecular complexity index is 637. The van der Waals surface area contributed by atoms with Gasteiger partial charge in [0, 0.05) is 0 Å². The summed E-state index contributed by atoms with van der Waals surface area (Å²) >= 11 is 0. The SMILES string of the molecule is C=C1CCCC(=C)C1(C(=O)/C=C/c1ccccc1)C(=O)OCC. The van der Waals surface area contributed by atoms with E-state index in [4.69, 9.17) is 4.74 Å². The highest BCUT2D eigenvalue weighted by Gasteiger charge is 2.51.